The lowest BCUT2D eigenvalue weighted by molar-refractivity contribution is -0.127. The number of benzene rings is 2. The van der Waals surface area contributed by atoms with Crippen LogP contribution in [0, 0.1) is 12.7 Å². The van der Waals surface area contributed by atoms with Crippen LogP contribution in [0.4, 0.5) is 4.39 Å². The number of carbonyl (C=O) groups excluding carboxylic acids is 1. The number of aryl methyl sites for hydroxylation is 1. The van der Waals surface area contributed by atoms with Crippen molar-refractivity contribution < 1.29 is 22.3 Å². The second-order valence-corrected chi connectivity index (χ2v) is 8.70. The molecule has 1 heterocycles. The van der Waals surface area contributed by atoms with Crippen LogP contribution in [0.1, 0.15) is 11.1 Å². The predicted octanol–water partition coefficient (Wildman–Crippen LogP) is 2.69. The smallest absolute Gasteiger partial charge is 0.246 e. The second-order valence-electron chi connectivity index (χ2n) is 6.77. The summed E-state index contributed by atoms with van der Waals surface area (Å²) in [7, 11) is -2.21. The minimum atomic E-state index is -3.78. The van der Waals surface area contributed by atoms with E-state index >= 15 is 0 Å². The van der Waals surface area contributed by atoms with Crippen LogP contribution in [-0.2, 0) is 14.8 Å². The van der Waals surface area contributed by atoms with E-state index in [1.54, 1.807) is 18.1 Å². The van der Waals surface area contributed by atoms with Crippen LogP contribution in [0.15, 0.2) is 53.4 Å². The Kier molecular flexibility index (Phi) is 6.34. The molecule has 1 aliphatic heterocycles. The molecule has 1 amide bonds. The molecule has 6 nitrogen and oxygen atoms in total. The van der Waals surface area contributed by atoms with E-state index < -0.39 is 15.8 Å². The molecule has 0 spiro atoms. The van der Waals surface area contributed by atoms with Gasteiger partial charge in [-0.3, -0.25) is 4.79 Å². The van der Waals surface area contributed by atoms with Crippen LogP contribution in [0.2, 0.25) is 0 Å². The third kappa shape index (κ3) is 4.83. The molecule has 3 rings (SSSR count). The number of ether oxygens (including phenoxy) is 1. The van der Waals surface area contributed by atoms with Gasteiger partial charge in [-0.1, -0.05) is 17.7 Å². The van der Waals surface area contributed by atoms with Gasteiger partial charge in [0.1, 0.15) is 11.6 Å². The first kappa shape index (κ1) is 21.0. The maximum Gasteiger partial charge on any atom is 0.246 e. The quantitative estimate of drug-likeness (QED) is 0.701. The maximum absolute atomic E-state index is 13.4. The van der Waals surface area contributed by atoms with Crippen molar-refractivity contribution >= 4 is 22.0 Å². The van der Waals surface area contributed by atoms with E-state index in [1.807, 2.05) is 25.1 Å². The molecule has 1 saturated heterocycles. The average molecular weight is 418 g/mol. The standard InChI is InChI=1S/C21H23FN2O4S/c1-16-6-8-20(28-2)17(14-16)7-9-21(25)23-10-12-24(13-11-23)29(26,27)19-5-3-4-18(22)15-19/h3-9,14-15H,10-13H2,1-2H3/b9-7+. The first-order valence-electron chi connectivity index (χ1n) is 9.18. The number of hydrogen-bond donors (Lipinski definition) is 0. The molecule has 2 aromatic rings. The van der Waals surface area contributed by atoms with Crippen LogP contribution in [-0.4, -0.2) is 56.8 Å². The molecule has 0 unspecified atom stereocenters. The Morgan fingerprint density at radius 3 is 2.48 bits per heavy atom. The lowest BCUT2D eigenvalue weighted by atomic mass is 10.1. The molecule has 1 fully saturated rings. The molecular weight excluding hydrogens is 395 g/mol. The number of rotatable bonds is 5. The molecule has 0 saturated carbocycles. The molecule has 29 heavy (non-hydrogen) atoms. The van der Waals surface area contributed by atoms with Crippen molar-refractivity contribution in [2.75, 3.05) is 33.3 Å². The van der Waals surface area contributed by atoms with Gasteiger partial charge in [-0.2, -0.15) is 4.31 Å². The van der Waals surface area contributed by atoms with Crippen LogP contribution in [0.5, 0.6) is 5.75 Å². The van der Waals surface area contributed by atoms with Crippen LogP contribution in [0.25, 0.3) is 6.08 Å². The summed E-state index contributed by atoms with van der Waals surface area (Å²) in [6.07, 6.45) is 3.16. The summed E-state index contributed by atoms with van der Waals surface area (Å²) in [5.74, 6) is -0.126. The van der Waals surface area contributed by atoms with Crippen LogP contribution in [0.3, 0.4) is 0 Å². The normalized spacial score (nSPS) is 15.6. The molecule has 154 valence electrons. The van der Waals surface area contributed by atoms with Crippen molar-refractivity contribution in [1.82, 2.24) is 9.21 Å². The molecule has 0 aliphatic carbocycles. The van der Waals surface area contributed by atoms with Gasteiger partial charge in [-0.05, 0) is 43.3 Å². The van der Waals surface area contributed by atoms with Crippen molar-refractivity contribution in [1.29, 1.82) is 0 Å². The number of hydrogen-bond acceptors (Lipinski definition) is 4. The topological polar surface area (TPSA) is 66.9 Å². The number of nitrogens with zero attached hydrogens (tertiary/aromatic N) is 2. The summed E-state index contributed by atoms with van der Waals surface area (Å²) in [6, 6.07) is 10.6. The molecule has 0 bridgehead atoms. The van der Waals surface area contributed by atoms with E-state index in [4.69, 9.17) is 4.74 Å². The number of methoxy groups -OCH3 is 1. The van der Waals surface area contributed by atoms with Gasteiger partial charge in [0.2, 0.25) is 15.9 Å². The van der Waals surface area contributed by atoms with Crippen molar-refractivity contribution in [3.8, 4) is 5.75 Å². The monoisotopic (exact) mass is 418 g/mol. The van der Waals surface area contributed by atoms with Gasteiger partial charge in [-0.15, -0.1) is 0 Å². The highest BCUT2D eigenvalue weighted by Gasteiger charge is 2.29. The Morgan fingerprint density at radius 2 is 1.83 bits per heavy atom. The summed E-state index contributed by atoms with van der Waals surface area (Å²) in [4.78, 5) is 14.0. The third-order valence-electron chi connectivity index (χ3n) is 4.77. The Labute approximate surface area is 170 Å². The van der Waals surface area contributed by atoms with Crippen LogP contribution < -0.4 is 4.74 Å². The van der Waals surface area contributed by atoms with E-state index in [1.165, 1.54) is 28.6 Å². The van der Waals surface area contributed by atoms with E-state index in [-0.39, 0.29) is 37.0 Å². The summed E-state index contributed by atoms with van der Waals surface area (Å²) in [5.41, 5.74) is 1.85. The Morgan fingerprint density at radius 1 is 1.10 bits per heavy atom. The summed E-state index contributed by atoms with van der Waals surface area (Å²) in [6.45, 7) is 2.81. The summed E-state index contributed by atoms with van der Waals surface area (Å²) in [5, 5.41) is 0. The van der Waals surface area contributed by atoms with Crippen molar-refractivity contribution in [2.24, 2.45) is 0 Å². The minimum Gasteiger partial charge on any atom is -0.496 e. The van der Waals surface area contributed by atoms with Gasteiger partial charge in [0.25, 0.3) is 0 Å². The Hall–Kier alpha value is -2.71. The summed E-state index contributed by atoms with van der Waals surface area (Å²) < 4.78 is 45.3. The minimum absolute atomic E-state index is 0.0799. The average Bonchev–Trinajstić information content (AvgIpc) is 2.72. The largest absolute Gasteiger partial charge is 0.496 e. The fourth-order valence-corrected chi connectivity index (χ4v) is 4.63. The summed E-state index contributed by atoms with van der Waals surface area (Å²) >= 11 is 0. The third-order valence-corrected chi connectivity index (χ3v) is 6.67. The Bertz CT molecular complexity index is 1030. The highest BCUT2D eigenvalue weighted by molar-refractivity contribution is 7.89. The number of sulfonamides is 1. The Balaban J connectivity index is 1.65. The fourth-order valence-electron chi connectivity index (χ4n) is 3.18. The molecule has 1 aliphatic rings. The van der Waals surface area contributed by atoms with E-state index in [9.17, 15) is 17.6 Å². The number of amides is 1. The highest BCUT2D eigenvalue weighted by Crippen LogP contribution is 2.22. The lowest BCUT2D eigenvalue weighted by Gasteiger charge is -2.33. The number of halogens is 1. The van der Waals surface area contributed by atoms with E-state index in [2.05, 4.69) is 0 Å². The first-order chi connectivity index (χ1) is 13.8. The molecule has 0 radical (unpaired) electrons. The molecular formula is C21H23FN2O4S. The van der Waals surface area contributed by atoms with Crippen molar-refractivity contribution in [2.45, 2.75) is 11.8 Å². The molecule has 0 aromatic heterocycles. The second kappa shape index (κ2) is 8.75. The molecule has 0 N–H and O–H groups in total. The van der Waals surface area contributed by atoms with E-state index in [0.717, 1.165) is 17.2 Å². The molecule has 8 heteroatoms. The SMILES string of the molecule is COc1ccc(C)cc1/C=C/C(=O)N1CCN(S(=O)(=O)c2cccc(F)c2)CC1. The fraction of sp³-hybridized carbons (Fsp3) is 0.286. The van der Waals surface area contributed by atoms with Crippen LogP contribution >= 0.6 is 0 Å². The lowest BCUT2D eigenvalue weighted by Crippen LogP contribution is -2.50. The number of piperazine rings is 1. The molecule has 0 atom stereocenters. The van der Waals surface area contributed by atoms with Gasteiger partial charge in [0, 0.05) is 37.8 Å². The van der Waals surface area contributed by atoms with Gasteiger partial charge in [-0.25, -0.2) is 12.8 Å². The van der Waals surface area contributed by atoms with Gasteiger partial charge in [0.05, 0.1) is 12.0 Å². The van der Waals surface area contributed by atoms with Gasteiger partial charge in [0.15, 0.2) is 0 Å². The zero-order valence-corrected chi connectivity index (χ0v) is 17.2. The van der Waals surface area contributed by atoms with E-state index in [0.29, 0.717) is 5.75 Å². The van der Waals surface area contributed by atoms with Gasteiger partial charge >= 0.3 is 0 Å². The molecule has 2 aromatic carbocycles. The first-order valence-corrected chi connectivity index (χ1v) is 10.6. The zero-order chi connectivity index (χ0) is 21.0. The highest BCUT2D eigenvalue weighted by atomic mass is 32.2. The van der Waals surface area contributed by atoms with Crippen molar-refractivity contribution in [3.05, 3.63) is 65.5 Å². The maximum atomic E-state index is 13.4. The zero-order valence-electron chi connectivity index (χ0n) is 16.3. The van der Waals surface area contributed by atoms with Gasteiger partial charge < -0.3 is 9.64 Å². The predicted molar refractivity (Wildman–Crippen MR) is 109 cm³/mol. The van der Waals surface area contributed by atoms with Crippen molar-refractivity contribution in [3.63, 3.8) is 0 Å². The number of carbonyl (C=O) groups is 1.